The van der Waals surface area contributed by atoms with Crippen molar-refractivity contribution in [3.63, 3.8) is 0 Å². The van der Waals surface area contributed by atoms with Gasteiger partial charge in [0.25, 0.3) is 0 Å². The molecule has 0 saturated carbocycles. The zero-order valence-electron chi connectivity index (χ0n) is 18.3. The van der Waals surface area contributed by atoms with Gasteiger partial charge in [0.1, 0.15) is 11.4 Å². The molecule has 1 amide bonds. The number of nitrogens with one attached hydrogen (secondary N) is 2. The van der Waals surface area contributed by atoms with Crippen LogP contribution in [0.4, 0.5) is 16.2 Å². The van der Waals surface area contributed by atoms with Gasteiger partial charge in [-0.2, -0.15) is 0 Å². The molecule has 3 heterocycles. The van der Waals surface area contributed by atoms with E-state index < -0.39 is 5.60 Å². The number of rotatable bonds is 3. The summed E-state index contributed by atoms with van der Waals surface area (Å²) in [7, 11) is 0. The summed E-state index contributed by atoms with van der Waals surface area (Å²) in [6, 6.07) is 10.7. The Hall–Kier alpha value is -2.19. The number of thioether (sulfide) groups is 1. The quantitative estimate of drug-likeness (QED) is 0.470. The van der Waals surface area contributed by atoms with Crippen LogP contribution in [0.25, 0.3) is 0 Å². The van der Waals surface area contributed by atoms with Crippen LogP contribution in [0.1, 0.15) is 38.5 Å². The average Bonchev–Trinajstić information content (AvgIpc) is 3.27. The molecular weight excluding hydrogens is 428 g/mol. The minimum absolute atomic E-state index is 0.209. The molecule has 1 fully saturated rings. The molecule has 0 unspecified atom stereocenters. The second-order valence-corrected chi connectivity index (χ2v) is 11.0. The molecule has 2 N–H and O–H groups in total. The monoisotopic (exact) mass is 458 g/mol. The van der Waals surface area contributed by atoms with E-state index in [4.69, 9.17) is 10.1 Å². The van der Waals surface area contributed by atoms with Crippen molar-refractivity contribution in [1.82, 2.24) is 4.90 Å². The Labute approximate surface area is 192 Å². The molecule has 31 heavy (non-hydrogen) atoms. The Kier molecular flexibility index (Phi) is 6.48. The molecule has 1 aromatic heterocycles. The molecule has 6 nitrogen and oxygen atoms in total. The molecule has 0 bridgehead atoms. The van der Waals surface area contributed by atoms with E-state index in [9.17, 15) is 4.79 Å². The van der Waals surface area contributed by atoms with Gasteiger partial charge in [0, 0.05) is 42.0 Å². The number of carbonyl (C=O) groups excluding carboxylic acids is 1. The lowest BCUT2D eigenvalue weighted by Crippen LogP contribution is -2.49. The summed E-state index contributed by atoms with van der Waals surface area (Å²) in [4.78, 5) is 18.9. The first kappa shape index (κ1) is 22.0. The van der Waals surface area contributed by atoms with E-state index in [1.165, 1.54) is 10.6 Å². The molecule has 8 heteroatoms. The van der Waals surface area contributed by atoms with E-state index in [2.05, 4.69) is 28.4 Å². The van der Waals surface area contributed by atoms with Gasteiger partial charge >= 0.3 is 6.09 Å². The van der Waals surface area contributed by atoms with Crippen molar-refractivity contribution in [2.75, 3.05) is 35.6 Å². The molecule has 0 radical (unpaired) electrons. The van der Waals surface area contributed by atoms with Crippen molar-refractivity contribution >= 4 is 46.4 Å². The predicted octanol–water partition coefficient (Wildman–Crippen LogP) is 5.50. The lowest BCUT2D eigenvalue weighted by atomic mass is 10.0. The van der Waals surface area contributed by atoms with Crippen LogP contribution in [0.3, 0.4) is 0 Å². The molecule has 0 atom stereocenters. The molecule has 2 aliphatic heterocycles. The van der Waals surface area contributed by atoms with Crippen LogP contribution in [0.5, 0.6) is 0 Å². The zero-order valence-corrected chi connectivity index (χ0v) is 19.9. The second-order valence-electron chi connectivity index (χ2n) is 8.90. The van der Waals surface area contributed by atoms with Crippen LogP contribution < -0.4 is 10.2 Å². The minimum Gasteiger partial charge on any atom is -0.444 e. The average molecular weight is 459 g/mol. The molecule has 1 saturated heterocycles. The van der Waals surface area contributed by atoms with E-state index >= 15 is 0 Å². The molecular formula is C23H30N4O2S2. The van der Waals surface area contributed by atoms with E-state index in [-0.39, 0.29) is 6.09 Å². The summed E-state index contributed by atoms with van der Waals surface area (Å²) in [5.41, 5.74) is 1.71. The fourth-order valence-electron chi connectivity index (χ4n) is 4.01. The van der Waals surface area contributed by atoms with Crippen molar-refractivity contribution < 1.29 is 9.53 Å². The lowest BCUT2D eigenvalue weighted by Gasteiger charge is -2.42. The molecule has 0 spiro atoms. The topological polar surface area (TPSA) is 68.7 Å². The number of nitrogens with zero attached hydrogens (tertiary/aromatic N) is 2. The van der Waals surface area contributed by atoms with Gasteiger partial charge in [-0.25, -0.2) is 4.79 Å². The largest absolute Gasteiger partial charge is 0.444 e. The van der Waals surface area contributed by atoms with Gasteiger partial charge in [-0.05, 0) is 63.3 Å². The van der Waals surface area contributed by atoms with Crippen LogP contribution in [0.2, 0.25) is 0 Å². The molecule has 2 aliphatic rings. The number of fused-ring (bicyclic) bond motifs is 1. The number of anilines is 2. The number of thiophene rings is 1. The first-order chi connectivity index (χ1) is 14.8. The fourth-order valence-corrected chi connectivity index (χ4v) is 5.63. The Morgan fingerprint density at radius 1 is 1.19 bits per heavy atom. The number of piperidine rings is 1. The number of hydrogen-bond donors (Lipinski definition) is 2. The van der Waals surface area contributed by atoms with Gasteiger partial charge in [-0.15, -0.1) is 23.1 Å². The van der Waals surface area contributed by atoms with Gasteiger partial charge in [-0.3, -0.25) is 5.41 Å². The zero-order chi connectivity index (χ0) is 22.0. The molecule has 2 aromatic rings. The second kappa shape index (κ2) is 9.12. The normalized spacial score (nSPS) is 17.3. The van der Waals surface area contributed by atoms with Crippen LogP contribution in [-0.4, -0.2) is 53.9 Å². The first-order valence-corrected chi connectivity index (χ1v) is 12.6. The highest BCUT2D eigenvalue weighted by Gasteiger charge is 2.31. The summed E-state index contributed by atoms with van der Waals surface area (Å²) in [6.45, 7) is 8.16. The Balaban J connectivity index is 1.43. The van der Waals surface area contributed by atoms with Gasteiger partial charge < -0.3 is 19.9 Å². The van der Waals surface area contributed by atoms with Gasteiger partial charge in [0.05, 0.1) is 10.6 Å². The number of amidine groups is 1. The number of benzene rings is 1. The van der Waals surface area contributed by atoms with Crippen LogP contribution in [0, 0.1) is 5.41 Å². The highest BCUT2D eigenvalue weighted by molar-refractivity contribution is 7.99. The van der Waals surface area contributed by atoms with Gasteiger partial charge in [0.2, 0.25) is 0 Å². The number of likely N-dealkylation sites (tertiary alicyclic amines) is 1. The Morgan fingerprint density at radius 2 is 1.97 bits per heavy atom. The molecule has 1 aromatic carbocycles. The number of carbonyl (C=O) groups is 1. The standard InChI is InChI=1S/C23H30N4O2S2/c1-23(2,3)29-22(28)26-10-8-17(9-11-26)27-12-14-31-19-7-6-16(15-18(19)27)25-21(24)20-5-4-13-30-20/h4-7,13,15,17H,8-12,14H2,1-3H3,(H2,24,25). The maximum Gasteiger partial charge on any atom is 0.410 e. The van der Waals surface area contributed by atoms with Crippen LogP contribution in [-0.2, 0) is 4.74 Å². The van der Waals surface area contributed by atoms with E-state index in [1.807, 2.05) is 54.9 Å². The van der Waals surface area contributed by atoms with Crippen molar-refractivity contribution in [2.24, 2.45) is 0 Å². The molecule has 166 valence electrons. The Morgan fingerprint density at radius 3 is 2.65 bits per heavy atom. The molecule has 0 aliphatic carbocycles. The number of ether oxygens (including phenoxy) is 1. The Bertz CT molecular complexity index is 932. The lowest BCUT2D eigenvalue weighted by molar-refractivity contribution is 0.0205. The summed E-state index contributed by atoms with van der Waals surface area (Å²) in [5, 5.41) is 13.6. The smallest absolute Gasteiger partial charge is 0.410 e. The third-order valence-electron chi connectivity index (χ3n) is 5.45. The SMILES string of the molecule is CC(C)(C)OC(=O)N1CCC(N2CCSc3ccc(NC(=N)c4cccs4)cc32)CC1. The summed E-state index contributed by atoms with van der Waals surface area (Å²) in [6.07, 6.45) is 1.66. The van der Waals surface area contributed by atoms with Crippen molar-refractivity contribution in [3.8, 4) is 0 Å². The third kappa shape index (κ3) is 5.36. The van der Waals surface area contributed by atoms with E-state index in [1.54, 1.807) is 11.3 Å². The summed E-state index contributed by atoms with van der Waals surface area (Å²) in [5.74, 6) is 1.49. The van der Waals surface area contributed by atoms with Crippen LogP contribution in [0.15, 0.2) is 40.6 Å². The van der Waals surface area contributed by atoms with Crippen molar-refractivity contribution in [3.05, 3.63) is 40.6 Å². The summed E-state index contributed by atoms with van der Waals surface area (Å²) >= 11 is 3.45. The highest BCUT2D eigenvalue weighted by Crippen LogP contribution is 2.39. The van der Waals surface area contributed by atoms with Gasteiger partial charge in [-0.1, -0.05) is 6.07 Å². The minimum atomic E-state index is -0.461. The van der Waals surface area contributed by atoms with Crippen molar-refractivity contribution in [2.45, 2.75) is 50.2 Å². The molecule has 4 rings (SSSR count). The maximum atomic E-state index is 12.4. The van der Waals surface area contributed by atoms with Crippen LogP contribution >= 0.6 is 23.1 Å². The third-order valence-corrected chi connectivity index (χ3v) is 7.38. The fraction of sp³-hybridized carbons (Fsp3) is 0.478. The first-order valence-electron chi connectivity index (χ1n) is 10.7. The van der Waals surface area contributed by atoms with E-state index in [0.717, 1.165) is 48.8 Å². The maximum absolute atomic E-state index is 12.4. The predicted molar refractivity (Wildman–Crippen MR) is 130 cm³/mol. The van der Waals surface area contributed by atoms with Crippen molar-refractivity contribution in [1.29, 1.82) is 5.41 Å². The summed E-state index contributed by atoms with van der Waals surface area (Å²) < 4.78 is 5.54. The number of amides is 1. The highest BCUT2D eigenvalue weighted by atomic mass is 32.2. The number of hydrogen-bond acceptors (Lipinski definition) is 6. The van der Waals surface area contributed by atoms with Gasteiger partial charge in [0.15, 0.2) is 0 Å². The van der Waals surface area contributed by atoms with E-state index in [0.29, 0.717) is 11.9 Å².